The molecule has 0 saturated carbocycles. The summed E-state index contributed by atoms with van der Waals surface area (Å²) < 4.78 is 4.72. The molecular weight excluding hydrogens is 218 g/mol. The van der Waals surface area contributed by atoms with E-state index in [0.29, 0.717) is 6.61 Å². The van der Waals surface area contributed by atoms with E-state index < -0.39 is 0 Å². The number of nitriles is 1. The van der Waals surface area contributed by atoms with Gasteiger partial charge in [0.15, 0.2) is 0 Å². The molecule has 0 radical (unpaired) electrons. The van der Waals surface area contributed by atoms with Crippen molar-refractivity contribution in [1.82, 2.24) is 0 Å². The molecule has 6 heteroatoms. The fourth-order valence-electron chi connectivity index (χ4n) is 0.794. The van der Waals surface area contributed by atoms with Gasteiger partial charge in [0.1, 0.15) is 14.5 Å². The van der Waals surface area contributed by atoms with Crippen molar-refractivity contribution in [3.05, 3.63) is 0 Å². The Labute approximate surface area is 88.6 Å². The molecule has 2 nitrogen and oxygen atoms in total. The first kappa shape index (κ1) is 13.6. The topological polar surface area (TPSA) is 33.0 Å². The molecule has 0 rings (SSSR count). The Morgan fingerprint density at radius 1 is 1.38 bits per heavy atom. The first-order valence-electron chi connectivity index (χ1n) is 4.14. The van der Waals surface area contributed by atoms with Gasteiger partial charge in [-0.25, -0.2) is 0 Å². The van der Waals surface area contributed by atoms with Gasteiger partial charge in [0.05, 0.1) is 0 Å². The number of nitrogens with zero attached hydrogens (tertiary/aromatic N) is 1. The lowest BCUT2D eigenvalue weighted by Gasteiger charge is -2.27. The molecule has 0 N–H and O–H groups in total. The number of ether oxygens (including phenoxy) is 1. The molecule has 0 aliphatic carbocycles. The second kappa shape index (κ2) is 5.51. The summed E-state index contributed by atoms with van der Waals surface area (Å²) in [5, 5.41) is 8.52. The van der Waals surface area contributed by atoms with E-state index in [9.17, 15) is 0 Å². The molecule has 0 fully saturated rings. The standard InChI is InChI=1S/C7H17BNOP3/c1-6(8,11)2-3-7(12,13)4-10-5-9/h2-4,8,11-13H2,1H3. The minimum absolute atomic E-state index is 0.0659. The van der Waals surface area contributed by atoms with Crippen LogP contribution < -0.4 is 0 Å². The predicted molar refractivity (Wildman–Crippen MR) is 69.6 cm³/mol. The summed E-state index contributed by atoms with van der Waals surface area (Å²) in [7, 11) is 10.4. The summed E-state index contributed by atoms with van der Waals surface area (Å²) >= 11 is 0. The number of hydrogen-bond acceptors (Lipinski definition) is 2. The summed E-state index contributed by atoms with van der Waals surface area (Å²) in [6.07, 6.45) is 3.77. The van der Waals surface area contributed by atoms with Crippen LogP contribution >= 0.6 is 27.7 Å². The summed E-state index contributed by atoms with van der Waals surface area (Å²) in [6.45, 7) is 2.62. The summed E-state index contributed by atoms with van der Waals surface area (Å²) in [5.41, 5.74) is 0. The third kappa shape index (κ3) is 8.96. The first-order chi connectivity index (χ1) is 5.77. The van der Waals surface area contributed by atoms with Gasteiger partial charge in [-0.2, -0.15) is 5.26 Å². The molecule has 0 spiro atoms. The second-order valence-corrected chi connectivity index (χ2v) is 8.63. The zero-order valence-electron chi connectivity index (χ0n) is 8.21. The van der Waals surface area contributed by atoms with E-state index in [4.69, 9.17) is 10.00 Å². The maximum Gasteiger partial charge on any atom is 0.286 e. The van der Waals surface area contributed by atoms with Crippen molar-refractivity contribution in [1.29, 1.82) is 5.26 Å². The summed E-state index contributed by atoms with van der Waals surface area (Å²) in [6, 6.07) is 0. The fourth-order valence-corrected chi connectivity index (χ4v) is 1.39. The lowest BCUT2D eigenvalue weighted by atomic mass is 9.83. The highest BCUT2D eigenvalue weighted by molar-refractivity contribution is 7.40. The Hall–Kier alpha value is 0.645. The quantitative estimate of drug-likeness (QED) is 0.403. The van der Waals surface area contributed by atoms with Crippen molar-refractivity contribution in [2.75, 3.05) is 6.61 Å². The van der Waals surface area contributed by atoms with Crippen LogP contribution in [0.15, 0.2) is 0 Å². The number of hydrogen-bond donors (Lipinski definition) is 0. The van der Waals surface area contributed by atoms with Crippen LogP contribution in [-0.2, 0) is 4.74 Å². The Kier molecular flexibility index (Phi) is 5.78. The van der Waals surface area contributed by atoms with Gasteiger partial charge in [-0.05, 0) is 11.5 Å². The van der Waals surface area contributed by atoms with E-state index >= 15 is 0 Å². The molecule has 0 aliphatic rings. The zero-order chi connectivity index (χ0) is 10.5. The molecule has 74 valence electrons. The molecule has 0 aromatic rings. The van der Waals surface area contributed by atoms with Gasteiger partial charge in [0, 0.05) is 4.90 Å². The van der Waals surface area contributed by atoms with Crippen molar-refractivity contribution in [3.63, 3.8) is 0 Å². The molecule has 0 aromatic heterocycles. The van der Waals surface area contributed by atoms with Crippen LogP contribution in [0, 0.1) is 11.5 Å². The van der Waals surface area contributed by atoms with Gasteiger partial charge < -0.3 is 4.74 Å². The molecule has 0 aliphatic heterocycles. The van der Waals surface area contributed by atoms with Gasteiger partial charge in [-0.1, -0.05) is 13.3 Å². The highest BCUT2D eigenvalue weighted by atomic mass is 31.1. The fraction of sp³-hybridized carbons (Fsp3) is 0.857. The van der Waals surface area contributed by atoms with Crippen LogP contribution in [0.25, 0.3) is 0 Å². The smallest absolute Gasteiger partial charge is 0.286 e. The zero-order valence-corrected chi connectivity index (χ0v) is 11.7. The van der Waals surface area contributed by atoms with Gasteiger partial charge in [-0.3, -0.25) is 0 Å². The molecular formula is C7H17BNOP3. The predicted octanol–water partition coefficient (Wildman–Crippen LogP) is 0.935. The lowest BCUT2D eigenvalue weighted by Crippen LogP contribution is -2.24. The Balaban J connectivity index is 3.83. The van der Waals surface area contributed by atoms with Crippen LogP contribution in [-0.4, -0.2) is 24.4 Å². The summed E-state index contributed by atoms with van der Waals surface area (Å²) in [4.78, 5) is -0.0659. The molecule has 4 atom stereocenters. The van der Waals surface area contributed by atoms with Gasteiger partial charge in [-0.15, -0.1) is 27.7 Å². The normalized spacial score (nSPS) is 15.9. The average Bonchev–Trinajstić information content (AvgIpc) is 1.97. The van der Waals surface area contributed by atoms with Gasteiger partial charge >= 0.3 is 0 Å². The van der Waals surface area contributed by atoms with E-state index in [0.717, 1.165) is 12.8 Å². The van der Waals surface area contributed by atoms with Gasteiger partial charge in [0.2, 0.25) is 0 Å². The molecule has 4 unspecified atom stereocenters. The Bertz CT molecular complexity index is 197. The number of rotatable bonds is 5. The van der Waals surface area contributed by atoms with Crippen molar-refractivity contribution in [2.24, 2.45) is 0 Å². The van der Waals surface area contributed by atoms with E-state index in [2.05, 4.69) is 42.5 Å². The monoisotopic (exact) mass is 235 g/mol. The third-order valence-electron chi connectivity index (χ3n) is 1.64. The van der Waals surface area contributed by atoms with Gasteiger partial charge in [0.25, 0.3) is 6.26 Å². The van der Waals surface area contributed by atoms with Crippen LogP contribution in [0.3, 0.4) is 0 Å². The Morgan fingerprint density at radius 3 is 2.31 bits per heavy atom. The van der Waals surface area contributed by atoms with Crippen LogP contribution in [0.1, 0.15) is 19.8 Å². The molecule has 13 heavy (non-hydrogen) atoms. The minimum Gasteiger partial charge on any atom is -0.426 e. The van der Waals surface area contributed by atoms with E-state index in [1.807, 2.05) is 0 Å². The largest absolute Gasteiger partial charge is 0.426 e. The average molecular weight is 235 g/mol. The highest BCUT2D eigenvalue weighted by Crippen LogP contribution is 2.35. The molecule has 0 heterocycles. The first-order valence-corrected chi connectivity index (χ1v) is 5.88. The van der Waals surface area contributed by atoms with Crippen LogP contribution in [0.5, 0.6) is 0 Å². The summed E-state index contributed by atoms with van der Waals surface area (Å²) in [5.74, 6) is 0. The van der Waals surface area contributed by atoms with E-state index in [-0.39, 0.29) is 9.95 Å². The maximum atomic E-state index is 8.26. The van der Waals surface area contributed by atoms with Crippen molar-refractivity contribution in [2.45, 2.75) is 29.7 Å². The van der Waals surface area contributed by atoms with Crippen LogP contribution in [0.4, 0.5) is 0 Å². The Morgan fingerprint density at radius 2 is 1.92 bits per heavy atom. The van der Waals surface area contributed by atoms with E-state index in [1.54, 1.807) is 6.26 Å². The molecule has 0 saturated heterocycles. The van der Waals surface area contributed by atoms with E-state index in [1.165, 1.54) is 0 Å². The highest BCUT2D eigenvalue weighted by Gasteiger charge is 2.22. The minimum atomic E-state index is -0.0659. The molecule has 0 amide bonds. The molecule has 0 aromatic carbocycles. The van der Waals surface area contributed by atoms with Crippen LogP contribution in [0.2, 0.25) is 0 Å². The van der Waals surface area contributed by atoms with Crippen molar-refractivity contribution >= 4 is 35.6 Å². The molecule has 0 bridgehead atoms. The lowest BCUT2D eigenvalue weighted by molar-refractivity contribution is 0.255. The third-order valence-corrected chi connectivity index (χ3v) is 2.84. The van der Waals surface area contributed by atoms with Crippen molar-refractivity contribution < 1.29 is 4.74 Å². The van der Waals surface area contributed by atoms with Crippen molar-refractivity contribution in [3.8, 4) is 6.26 Å². The second-order valence-electron chi connectivity index (χ2n) is 4.10. The maximum absolute atomic E-state index is 8.26. The SMILES string of the molecule is BC(C)(P)CCC(P)(P)COC#N.